The first-order chi connectivity index (χ1) is 12.4. The molecule has 1 aliphatic rings. The number of aliphatic hydroxyl groups excluding tert-OH is 1. The maximum absolute atomic E-state index is 12.1. The van der Waals surface area contributed by atoms with Crippen LogP contribution in [0.15, 0.2) is 18.2 Å². The van der Waals surface area contributed by atoms with Crippen LogP contribution in [0.1, 0.15) is 31.7 Å². The summed E-state index contributed by atoms with van der Waals surface area (Å²) in [6, 6.07) is 5.40. The zero-order valence-corrected chi connectivity index (χ0v) is 15.0. The molecule has 144 valence electrons. The number of anilines is 1. The van der Waals surface area contributed by atoms with Crippen LogP contribution < -0.4 is 15.4 Å². The van der Waals surface area contributed by atoms with Gasteiger partial charge < -0.3 is 30.3 Å². The van der Waals surface area contributed by atoms with Gasteiger partial charge in [0.15, 0.2) is 6.10 Å². The Labute approximate surface area is 152 Å². The van der Waals surface area contributed by atoms with Crippen LogP contribution in [-0.2, 0) is 20.7 Å². The highest BCUT2D eigenvalue weighted by Gasteiger charge is 2.34. The van der Waals surface area contributed by atoms with Crippen molar-refractivity contribution < 1.29 is 29.3 Å². The Hall–Kier alpha value is -2.16. The molecule has 2 rings (SSSR count). The number of amides is 1. The first-order valence-electron chi connectivity index (χ1n) is 8.73. The Kier molecular flexibility index (Phi) is 7.38. The molecule has 26 heavy (non-hydrogen) atoms. The maximum Gasteiger partial charge on any atom is 0.333 e. The Bertz CT molecular complexity index is 636. The van der Waals surface area contributed by atoms with E-state index in [0.29, 0.717) is 24.4 Å². The lowest BCUT2D eigenvalue weighted by atomic mass is 10.1. The number of hydrogen-bond acceptors (Lipinski definition) is 6. The van der Waals surface area contributed by atoms with Gasteiger partial charge in [-0.2, -0.15) is 0 Å². The molecule has 1 saturated heterocycles. The standard InChI is InChI=1S/C18H26N2O6/c1-3-11-4-5-14(13(8-11)20-16(22)6-7-19-2)25-17-10-12(21)9-15(26-17)18(23)24/h4-5,8,12,15,17,19,21H,3,6-7,9-10H2,1-2H3,(H,20,22)(H,23,24). The third kappa shape index (κ3) is 5.69. The topological polar surface area (TPSA) is 117 Å². The summed E-state index contributed by atoms with van der Waals surface area (Å²) in [4.78, 5) is 23.2. The van der Waals surface area contributed by atoms with Gasteiger partial charge in [0.25, 0.3) is 0 Å². The number of aliphatic hydroxyl groups is 1. The highest BCUT2D eigenvalue weighted by atomic mass is 16.7. The van der Waals surface area contributed by atoms with Gasteiger partial charge in [0.2, 0.25) is 12.2 Å². The molecule has 1 heterocycles. The van der Waals surface area contributed by atoms with Crippen molar-refractivity contribution in [1.82, 2.24) is 5.32 Å². The van der Waals surface area contributed by atoms with Gasteiger partial charge in [-0.3, -0.25) is 4.79 Å². The second kappa shape index (κ2) is 9.51. The van der Waals surface area contributed by atoms with Gasteiger partial charge in [-0.05, 0) is 31.2 Å². The number of carbonyl (C=O) groups is 2. The van der Waals surface area contributed by atoms with Gasteiger partial charge in [-0.15, -0.1) is 0 Å². The third-order valence-electron chi connectivity index (χ3n) is 4.13. The van der Waals surface area contributed by atoms with Gasteiger partial charge in [0.05, 0.1) is 11.8 Å². The van der Waals surface area contributed by atoms with Crippen LogP contribution in [-0.4, -0.2) is 54.2 Å². The molecule has 3 unspecified atom stereocenters. The van der Waals surface area contributed by atoms with E-state index >= 15 is 0 Å². The van der Waals surface area contributed by atoms with Crippen molar-refractivity contribution in [3.05, 3.63) is 23.8 Å². The van der Waals surface area contributed by atoms with Gasteiger partial charge in [-0.25, -0.2) is 4.79 Å². The molecule has 1 aromatic rings. The van der Waals surface area contributed by atoms with Crippen LogP contribution in [0.25, 0.3) is 0 Å². The fraction of sp³-hybridized carbons (Fsp3) is 0.556. The summed E-state index contributed by atoms with van der Waals surface area (Å²) < 4.78 is 11.2. The van der Waals surface area contributed by atoms with E-state index in [1.54, 1.807) is 13.1 Å². The maximum atomic E-state index is 12.1. The van der Waals surface area contributed by atoms with Crippen molar-refractivity contribution in [1.29, 1.82) is 0 Å². The number of carboxylic acid groups (broad SMARTS) is 1. The van der Waals surface area contributed by atoms with Crippen molar-refractivity contribution in [3.8, 4) is 5.75 Å². The molecule has 0 spiro atoms. The Balaban J connectivity index is 2.14. The predicted octanol–water partition coefficient (Wildman–Crippen LogP) is 1.13. The molecule has 0 radical (unpaired) electrons. The summed E-state index contributed by atoms with van der Waals surface area (Å²) in [6.07, 6.45) is -1.55. The van der Waals surface area contributed by atoms with E-state index in [-0.39, 0.29) is 18.7 Å². The fourth-order valence-corrected chi connectivity index (χ4v) is 2.69. The lowest BCUT2D eigenvalue weighted by Gasteiger charge is -2.31. The van der Waals surface area contributed by atoms with E-state index in [1.807, 2.05) is 19.1 Å². The van der Waals surface area contributed by atoms with Crippen LogP contribution in [0.2, 0.25) is 0 Å². The minimum absolute atomic E-state index is 0.0254. The van der Waals surface area contributed by atoms with Crippen molar-refractivity contribution in [2.75, 3.05) is 18.9 Å². The van der Waals surface area contributed by atoms with Crippen molar-refractivity contribution in [2.45, 2.75) is 51.1 Å². The lowest BCUT2D eigenvalue weighted by Crippen LogP contribution is -2.42. The van der Waals surface area contributed by atoms with Crippen LogP contribution in [0, 0.1) is 0 Å². The van der Waals surface area contributed by atoms with Gasteiger partial charge in [0.1, 0.15) is 5.75 Å². The largest absolute Gasteiger partial charge is 0.479 e. The Morgan fingerprint density at radius 1 is 1.35 bits per heavy atom. The molecule has 1 amide bonds. The number of ether oxygens (including phenoxy) is 2. The monoisotopic (exact) mass is 366 g/mol. The molecule has 0 saturated carbocycles. The summed E-state index contributed by atoms with van der Waals surface area (Å²) in [5.74, 6) is -0.923. The van der Waals surface area contributed by atoms with E-state index in [0.717, 1.165) is 12.0 Å². The first kappa shape index (κ1) is 20.2. The second-order valence-corrected chi connectivity index (χ2v) is 6.22. The van der Waals surface area contributed by atoms with E-state index in [4.69, 9.17) is 14.6 Å². The minimum Gasteiger partial charge on any atom is -0.479 e. The molecular weight excluding hydrogens is 340 g/mol. The average molecular weight is 366 g/mol. The third-order valence-corrected chi connectivity index (χ3v) is 4.13. The molecule has 8 nitrogen and oxygen atoms in total. The SMILES string of the molecule is CCc1ccc(OC2CC(O)CC(C(=O)O)O2)c(NC(=O)CCNC)c1. The fourth-order valence-electron chi connectivity index (χ4n) is 2.69. The first-order valence-corrected chi connectivity index (χ1v) is 8.73. The number of aryl methyl sites for hydroxylation is 1. The van der Waals surface area contributed by atoms with E-state index in [2.05, 4.69) is 10.6 Å². The van der Waals surface area contributed by atoms with Gasteiger partial charge in [-0.1, -0.05) is 13.0 Å². The lowest BCUT2D eigenvalue weighted by molar-refractivity contribution is -0.195. The molecule has 3 atom stereocenters. The van der Waals surface area contributed by atoms with Crippen molar-refractivity contribution in [3.63, 3.8) is 0 Å². The highest BCUT2D eigenvalue weighted by Crippen LogP contribution is 2.30. The molecule has 4 N–H and O–H groups in total. The molecule has 8 heteroatoms. The van der Waals surface area contributed by atoms with Crippen LogP contribution in [0.5, 0.6) is 5.75 Å². The zero-order valence-electron chi connectivity index (χ0n) is 15.0. The van der Waals surface area contributed by atoms with Crippen LogP contribution >= 0.6 is 0 Å². The summed E-state index contributed by atoms with van der Waals surface area (Å²) in [5.41, 5.74) is 1.52. The number of nitrogens with one attached hydrogen (secondary N) is 2. The average Bonchev–Trinajstić information content (AvgIpc) is 2.60. The van der Waals surface area contributed by atoms with Gasteiger partial charge >= 0.3 is 5.97 Å². The molecule has 0 aliphatic carbocycles. The molecule has 1 fully saturated rings. The Morgan fingerprint density at radius 2 is 2.12 bits per heavy atom. The summed E-state index contributed by atoms with van der Waals surface area (Å²) in [6.45, 7) is 2.55. The zero-order chi connectivity index (χ0) is 19.1. The molecular formula is C18H26N2O6. The molecule has 0 bridgehead atoms. The van der Waals surface area contributed by atoms with E-state index < -0.39 is 24.5 Å². The van der Waals surface area contributed by atoms with Crippen LogP contribution in [0.4, 0.5) is 5.69 Å². The van der Waals surface area contributed by atoms with E-state index in [9.17, 15) is 14.7 Å². The molecule has 1 aliphatic heterocycles. The smallest absolute Gasteiger partial charge is 0.333 e. The predicted molar refractivity (Wildman–Crippen MR) is 95.2 cm³/mol. The number of hydrogen-bond donors (Lipinski definition) is 4. The molecule has 1 aromatic carbocycles. The summed E-state index contributed by atoms with van der Waals surface area (Å²) in [5, 5.41) is 24.7. The highest BCUT2D eigenvalue weighted by molar-refractivity contribution is 5.92. The van der Waals surface area contributed by atoms with Gasteiger partial charge in [0, 0.05) is 25.8 Å². The quantitative estimate of drug-likeness (QED) is 0.545. The second-order valence-electron chi connectivity index (χ2n) is 6.22. The number of benzene rings is 1. The summed E-state index contributed by atoms with van der Waals surface area (Å²) in [7, 11) is 1.77. The van der Waals surface area contributed by atoms with Crippen LogP contribution in [0.3, 0.4) is 0 Å². The van der Waals surface area contributed by atoms with E-state index in [1.165, 1.54) is 0 Å². The van der Waals surface area contributed by atoms with Crippen molar-refractivity contribution in [2.24, 2.45) is 0 Å². The normalized spacial score (nSPS) is 22.7. The Morgan fingerprint density at radius 3 is 2.77 bits per heavy atom. The number of carbonyl (C=O) groups excluding carboxylic acids is 1. The molecule has 0 aromatic heterocycles. The van der Waals surface area contributed by atoms with Crippen molar-refractivity contribution >= 4 is 17.6 Å². The number of carboxylic acids is 1. The summed E-state index contributed by atoms with van der Waals surface area (Å²) >= 11 is 0. The minimum atomic E-state index is -1.14. The number of aliphatic carboxylic acids is 1. The number of rotatable bonds is 8.